The molecule has 0 aliphatic rings. The van der Waals surface area contributed by atoms with E-state index in [1.54, 1.807) is 13.1 Å². The summed E-state index contributed by atoms with van der Waals surface area (Å²) in [6.07, 6.45) is 2.16. The van der Waals surface area contributed by atoms with Crippen LogP contribution in [0.1, 0.15) is 31.3 Å². The number of amidine groups is 1. The van der Waals surface area contributed by atoms with E-state index in [2.05, 4.69) is 15.5 Å². The fraction of sp³-hybridized carbons (Fsp3) is 0.500. The molecule has 0 fully saturated rings. The molecule has 1 amide bonds. The lowest BCUT2D eigenvalue weighted by Crippen LogP contribution is -2.39. The Hall–Kier alpha value is -1.63. The van der Waals surface area contributed by atoms with E-state index < -0.39 is 5.92 Å². The van der Waals surface area contributed by atoms with Crippen LogP contribution in [0.5, 0.6) is 0 Å². The SMILES string of the molecule is CCC(C(=O)NC(C)c1nccs1)C(N)=NO. The van der Waals surface area contributed by atoms with Crippen molar-refractivity contribution in [3.05, 3.63) is 16.6 Å². The van der Waals surface area contributed by atoms with E-state index in [-0.39, 0.29) is 17.8 Å². The molecule has 4 N–H and O–H groups in total. The normalized spacial score (nSPS) is 15.3. The number of nitrogens with zero attached hydrogens (tertiary/aromatic N) is 2. The molecule has 1 rings (SSSR count). The Bertz CT molecular complexity index is 391. The lowest BCUT2D eigenvalue weighted by Gasteiger charge is -2.16. The van der Waals surface area contributed by atoms with E-state index in [1.165, 1.54) is 11.3 Å². The van der Waals surface area contributed by atoms with Crippen LogP contribution in [0.2, 0.25) is 0 Å². The summed E-state index contributed by atoms with van der Waals surface area (Å²) in [5.74, 6) is -0.941. The number of thiazole rings is 1. The third kappa shape index (κ3) is 3.42. The Morgan fingerprint density at radius 3 is 2.94 bits per heavy atom. The van der Waals surface area contributed by atoms with E-state index in [1.807, 2.05) is 12.3 Å². The average molecular weight is 256 g/mol. The van der Waals surface area contributed by atoms with Gasteiger partial charge in [-0.2, -0.15) is 0 Å². The number of oxime groups is 1. The fourth-order valence-electron chi connectivity index (χ4n) is 1.42. The van der Waals surface area contributed by atoms with Gasteiger partial charge in [-0.25, -0.2) is 4.98 Å². The predicted molar refractivity (Wildman–Crippen MR) is 65.9 cm³/mol. The summed E-state index contributed by atoms with van der Waals surface area (Å²) in [6.45, 7) is 3.64. The summed E-state index contributed by atoms with van der Waals surface area (Å²) in [4.78, 5) is 16.0. The standard InChI is InChI=1S/C10H16N4O2S/c1-3-7(8(11)14-16)9(15)13-6(2)10-12-4-5-17-10/h4-7,16H,3H2,1-2H3,(H2,11,14)(H,13,15). The lowest BCUT2D eigenvalue weighted by atomic mass is 10.0. The third-order valence-electron chi connectivity index (χ3n) is 2.38. The van der Waals surface area contributed by atoms with Crippen molar-refractivity contribution in [3.63, 3.8) is 0 Å². The summed E-state index contributed by atoms with van der Waals surface area (Å²) < 4.78 is 0. The highest BCUT2D eigenvalue weighted by molar-refractivity contribution is 7.09. The predicted octanol–water partition coefficient (Wildman–Crippen LogP) is 1.09. The molecule has 94 valence electrons. The quantitative estimate of drug-likeness (QED) is 0.318. The van der Waals surface area contributed by atoms with Crippen LogP contribution in [0.15, 0.2) is 16.7 Å². The van der Waals surface area contributed by atoms with Gasteiger partial charge in [0.05, 0.1) is 12.0 Å². The number of carbonyl (C=O) groups excluding carboxylic acids is 1. The zero-order valence-corrected chi connectivity index (χ0v) is 10.6. The maximum absolute atomic E-state index is 11.9. The molecule has 6 nitrogen and oxygen atoms in total. The first-order chi connectivity index (χ1) is 8.10. The first kappa shape index (κ1) is 13.4. The number of nitrogens with two attached hydrogens (primary N) is 1. The number of nitrogens with one attached hydrogen (secondary N) is 1. The Labute approximate surface area is 104 Å². The third-order valence-corrected chi connectivity index (χ3v) is 3.34. The minimum Gasteiger partial charge on any atom is -0.409 e. The number of hydrogen-bond donors (Lipinski definition) is 3. The van der Waals surface area contributed by atoms with Crippen LogP contribution in [-0.2, 0) is 4.79 Å². The van der Waals surface area contributed by atoms with Crippen LogP contribution in [0, 0.1) is 5.92 Å². The van der Waals surface area contributed by atoms with Gasteiger partial charge in [0.1, 0.15) is 5.01 Å². The molecule has 0 aromatic carbocycles. The van der Waals surface area contributed by atoms with Crippen LogP contribution in [0.4, 0.5) is 0 Å². The van der Waals surface area contributed by atoms with Crippen molar-refractivity contribution < 1.29 is 10.0 Å². The van der Waals surface area contributed by atoms with E-state index in [4.69, 9.17) is 10.9 Å². The highest BCUT2D eigenvalue weighted by Crippen LogP contribution is 2.15. The summed E-state index contributed by atoms with van der Waals surface area (Å²) in [5, 5.41) is 16.9. The monoisotopic (exact) mass is 256 g/mol. The maximum Gasteiger partial charge on any atom is 0.231 e. The van der Waals surface area contributed by atoms with Gasteiger partial charge < -0.3 is 16.3 Å². The highest BCUT2D eigenvalue weighted by Gasteiger charge is 2.23. The van der Waals surface area contributed by atoms with Crippen LogP contribution >= 0.6 is 11.3 Å². The smallest absolute Gasteiger partial charge is 0.231 e. The zero-order valence-electron chi connectivity index (χ0n) is 9.75. The van der Waals surface area contributed by atoms with Gasteiger partial charge in [0.25, 0.3) is 0 Å². The van der Waals surface area contributed by atoms with E-state index in [9.17, 15) is 4.79 Å². The summed E-state index contributed by atoms with van der Waals surface area (Å²) in [6, 6.07) is -0.178. The van der Waals surface area contributed by atoms with Gasteiger partial charge >= 0.3 is 0 Å². The Kier molecular flexibility index (Phi) is 4.89. The first-order valence-electron chi connectivity index (χ1n) is 5.27. The Balaban J connectivity index is 2.65. The van der Waals surface area contributed by atoms with E-state index in [0.717, 1.165) is 5.01 Å². The second-order valence-electron chi connectivity index (χ2n) is 3.59. The molecule has 2 unspecified atom stereocenters. The maximum atomic E-state index is 11.9. The van der Waals surface area contributed by atoms with E-state index >= 15 is 0 Å². The molecule has 17 heavy (non-hydrogen) atoms. The first-order valence-corrected chi connectivity index (χ1v) is 6.15. The summed E-state index contributed by atoms with van der Waals surface area (Å²) in [7, 11) is 0. The highest BCUT2D eigenvalue weighted by atomic mass is 32.1. The molecule has 0 spiro atoms. The topological polar surface area (TPSA) is 101 Å². The van der Waals surface area contributed by atoms with Gasteiger partial charge in [-0.15, -0.1) is 11.3 Å². The molecule has 0 saturated carbocycles. The molecule has 0 radical (unpaired) electrons. The lowest BCUT2D eigenvalue weighted by molar-refractivity contribution is -0.123. The second-order valence-corrected chi connectivity index (χ2v) is 4.51. The van der Waals surface area contributed by atoms with Gasteiger partial charge in [-0.05, 0) is 13.3 Å². The zero-order chi connectivity index (χ0) is 12.8. The van der Waals surface area contributed by atoms with Crippen molar-refractivity contribution in [2.75, 3.05) is 0 Å². The average Bonchev–Trinajstić information content (AvgIpc) is 2.83. The molecule has 7 heteroatoms. The molecular weight excluding hydrogens is 240 g/mol. The molecule has 1 heterocycles. The molecule has 0 aliphatic carbocycles. The van der Waals surface area contributed by atoms with Crippen molar-refractivity contribution in [1.82, 2.24) is 10.3 Å². The largest absolute Gasteiger partial charge is 0.409 e. The van der Waals surface area contributed by atoms with Crippen LogP contribution in [-0.4, -0.2) is 21.9 Å². The number of carbonyl (C=O) groups is 1. The molecule has 1 aromatic heterocycles. The van der Waals surface area contributed by atoms with Crippen molar-refractivity contribution >= 4 is 23.1 Å². The fourth-order valence-corrected chi connectivity index (χ4v) is 2.07. The van der Waals surface area contributed by atoms with Gasteiger partial charge in [-0.1, -0.05) is 12.1 Å². The minimum atomic E-state index is -0.609. The summed E-state index contributed by atoms with van der Waals surface area (Å²) in [5.41, 5.74) is 5.45. The van der Waals surface area contributed by atoms with Crippen molar-refractivity contribution in [2.24, 2.45) is 16.8 Å². The summed E-state index contributed by atoms with van der Waals surface area (Å²) >= 11 is 1.47. The molecule has 2 atom stereocenters. The molecule has 1 aromatic rings. The Morgan fingerprint density at radius 1 is 1.76 bits per heavy atom. The number of aromatic nitrogens is 1. The molecular formula is C10H16N4O2S. The number of amides is 1. The van der Waals surface area contributed by atoms with Crippen molar-refractivity contribution in [1.29, 1.82) is 0 Å². The molecule has 0 aliphatic heterocycles. The van der Waals surface area contributed by atoms with Gasteiger partial charge in [0.15, 0.2) is 5.84 Å². The number of rotatable bonds is 5. The van der Waals surface area contributed by atoms with Crippen LogP contribution in [0.3, 0.4) is 0 Å². The number of hydrogen-bond acceptors (Lipinski definition) is 5. The van der Waals surface area contributed by atoms with Gasteiger partial charge in [-0.3, -0.25) is 4.79 Å². The van der Waals surface area contributed by atoms with Gasteiger partial charge in [0.2, 0.25) is 5.91 Å². The van der Waals surface area contributed by atoms with Crippen LogP contribution in [0.25, 0.3) is 0 Å². The van der Waals surface area contributed by atoms with Crippen molar-refractivity contribution in [3.8, 4) is 0 Å². The Morgan fingerprint density at radius 2 is 2.47 bits per heavy atom. The van der Waals surface area contributed by atoms with Gasteiger partial charge in [0, 0.05) is 11.6 Å². The van der Waals surface area contributed by atoms with E-state index in [0.29, 0.717) is 6.42 Å². The molecule has 0 bridgehead atoms. The van der Waals surface area contributed by atoms with Crippen molar-refractivity contribution in [2.45, 2.75) is 26.3 Å². The minimum absolute atomic E-state index is 0.0728. The molecule has 0 saturated heterocycles. The second kappa shape index (κ2) is 6.19. The van der Waals surface area contributed by atoms with Crippen LogP contribution < -0.4 is 11.1 Å².